The fourth-order valence-corrected chi connectivity index (χ4v) is 10.9. The molecule has 0 aromatic rings. The van der Waals surface area contributed by atoms with E-state index in [2.05, 4.69) is 67.8 Å². The minimum atomic E-state index is -0.673. The van der Waals surface area contributed by atoms with E-state index in [4.69, 9.17) is 4.74 Å². The quantitative estimate of drug-likeness (QED) is 0.0320. The van der Waals surface area contributed by atoms with E-state index in [0.29, 0.717) is 25.9 Å². The van der Waals surface area contributed by atoms with Crippen LogP contribution >= 0.6 is 0 Å². The molecule has 0 aromatic heterocycles. The van der Waals surface area contributed by atoms with Crippen LogP contribution < -0.4 is 5.32 Å². The maximum Gasteiger partial charge on any atom is 0.305 e. The summed E-state index contributed by atoms with van der Waals surface area (Å²) in [5, 5.41) is 23.4. The summed E-state index contributed by atoms with van der Waals surface area (Å²) in [6, 6.07) is -0.551. The summed E-state index contributed by atoms with van der Waals surface area (Å²) in [6.07, 6.45) is 88.6. The van der Waals surface area contributed by atoms with E-state index in [0.717, 1.165) is 64.2 Å². The van der Waals surface area contributed by atoms with E-state index in [1.807, 2.05) is 0 Å². The molecular formula is C73H137NO5. The number of hydrogen-bond donors (Lipinski definition) is 3. The van der Waals surface area contributed by atoms with E-state index < -0.39 is 12.1 Å². The van der Waals surface area contributed by atoms with E-state index in [9.17, 15) is 19.8 Å². The van der Waals surface area contributed by atoms with E-state index in [1.54, 1.807) is 0 Å². The molecule has 0 rings (SSSR count). The molecule has 1 amide bonds. The van der Waals surface area contributed by atoms with Crippen molar-refractivity contribution in [3.8, 4) is 0 Å². The lowest BCUT2D eigenvalue weighted by molar-refractivity contribution is -0.143. The van der Waals surface area contributed by atoms with Gasteiger partial charge in [0.2, 0.25) is 5.91 Å². The van der Waals surface area contributed by atoms with Crippen molar-refractivity contribution in [2.24, 2.45) is 0 Å². The molecule has 2 atom stereocenters. The molecule has 0 aromatic carbocycles. The molecule has 0 aliphatic rings. The number of nitrogens with one attached hydrogen (secondary N) is 1. The fraction of sp³-hybridized carbons (Fsp3) is 0.863. The second kappa shape index (κ2) is 68.3. The molecule has 0 spiro atoms. The van der Waals surface area contributed by atoms with Gasteiger partial charge in [-0.25, -0.2) is 0 Å². The average Bonchev–Trinajstić information content (AvgIpc) is 3.45. The first kappa shape index (κ1) is 76.8. The third-order valence-corrected chi connectivity index (χ3v) is 16.4. The molecule has 0 radical (unpaired) electrons. The van der Waals surface area contributed by atoms with Crippen LogP contribution in [-0.2, 0) is 14.3 Å². The van der Waals surface area contributed by atoms with Gasteiger partial charge in [-0.3, -0.25) is 9.59 Å². The lowest BCUT2D eigenvalue weighted by atomic mass is 10.0. The van der Waals surface area contributed by atoms with Crippen molar-refractivity contribution in [2.45, 2.75) is 392 Å². The number of aliphatic hydroxyl groups is 2. The lowest BCUT2D eigenvalue weighted by Crippen LogP contribution is -2.45. The Morgan fingerprint density at radius 2 is 0.633 bits per heavy atom. The predicted molar refractivity (Wildman–Crippen MR) is 347 cm³/mol. The van der Waals surface area contributed by atoms with Crippen molar-refractivity contribution in [1.29, 1.82) is 0 Å². The highest BCUT2D eigenvalue weighted by Crippen LogP contribution is 2.18. The summed E-state index contributed by atoms with van der Waals surface area (Å²) in [7, 11) is 0. The number of carbonyl (C=O) groups excluding carboxylic acids is 2. The highest BCUT2D eigenvalue weighted by atomic mass is 16.5. The van der Waals surface area contributed by atoms with E-state index in [1.165, 1.54) is 283 Å². The molecule has 6 nitrogen and oxygen atoms in total. The molecular weight excluding hydrogens is 971 g/mol. The fourth-order valence-electron chi connectivity index (χ4n) is 10.9. The summed E-state index contributed by atoms with van der Waals surface area (Å²) < 4.78 is 5.50. The second-order valence-corrected chi connectivity index (χ2v) is 24.2. The van der Waals surface area contributed by atoms with Gasteiger partial charge in [-0.05, 0) is 89.9 Å². The van der Waals surface area contributed by atoms with Gasteiger partial charge in [-0.15, -0.1) is 0 Å². The topological polar surface area (TPSA) is 95.9 Å². The van der Waals surface area contributed by atoms with Crippen molar-refractivity contribution in [1.82, 2.24) is 5.32 Å². The first-order valence-corrected chi connectivity index (χ1v) is 35.4. The maximum absolute atomic E-state index is 12.5. The normalized spacial score (nSPS) is 12.8. The number of hydrogen-bond acceptors (Lipinski definition) is 5. The average molecular weight is 1110 g/mol. The van der Waals surface area contributed by atoms with Crippen LogP contribution in [0, 0.1) is 0 Å². The maximum atomic E-state index is 12.5. The van der Waals surface area contributed by atoms with Crippen LogP contribution in [0.25, 0.3) is 0 Å². The first-order chi connectivity index (χ1) is 39.0. The highest BCUT2D eigenvalue weighted by molar-refractivity contribution is 5.76. The Kier molecular flexibility index (Phi) is 66.4. The third-order valence-electron chi connectivity index (χ3n) is 16.4. The molecule has 0 aliphatic heterocycles. The molecule has 464 valence electrons. The van der Waals surface area contributed by atoms with Gasteiger partial charge in [0.05, 0.1) is 25.4 Å². The highest BCUT2D eigenvalue weighted by Gasteiger charge is 2.20. The van der Waals surface area contributed by atoms with Gasteiger partial charge in [0, 0.05) is 12.8 Å². The van der Waals surface area contributed by atoms with Crippen LogP contribution in [0.2, 0.25) is 0 Å². The SMILES string of the molecule is CCCCC/C=C\C/C=C\CCCCCCCCCCCC(=O)OCCCCCCCCCCC/C=C\C/C=C\CCCCCCCCCC(=O)NC(CO)C(O)CCCCCCCCCCCCCCCCCCCCCC. The minimum Gasteiger partial charge on any atom is -0.466 e. The molecule has 3 N–H and O–H groups in total. The van der Waals surface area contributed by atoms with E-state index in [-0.39, 0.29) is 18.5 Å². The van der Waals surface area contributed by atoms with Crippen molar-refractivity contribution < 1.29 is 24.5 Å². The van der Waals surface area contributed by atoms with Gasteiger partial charge in [0.15, 0.2) is 0 Å². The molecule has 0 bridgehead atoms. The Hall–Kier alpha value is -2.18. The second-order valence-electron chi connectivity index (χ2n) is 24.2. The Morgan fingerprint density at radius 1 is 0.354 bits per heavy atom. The van der Waals surface area contributed by atoms with Crippen LogP contribution in [0.15, 0.2) is 48.6 Å². The van der Waals surface area contributed by atoms with Crippen molar-refractivity contribution in [2.75, 3.05) is 13.2 Å². The molecule has 0 heterocycles. The van der Waals surface area contributed by atoms with Crippen LogP contribution in [0.3, 0.4) is 0 Å². The molecule has 6 heteroatoms. The Bertz CT molecular complexity index is 1320. The predicted octanol–water partition coefficient (Wildman–Crippen LogP) is 22.9. The van der Waals surface area contributed by atoms with Crippen molar-refractivity contribution >= 4 is 11.9 Å². The molecule has 2 unspecified atom stereocenters. The Labute approximate surface area is 493 Å². The molecule has 0 aliphatic carbocycles. The minimum absolute atomic E-state index is 0.00366. The summed E-state index contributed by atoms with van der Waals surface area (Å²) in [4.78, 5) is 24.6. The summed E-state index contributed by atoms with van der Waals surface area (Å²) in [5.41, 5.74) is 0. The number of unbranched alkanes of at least 4 members (excludes halogenated alkanes) is 47. The van der Waals surface area contributed by atoms with Crippen LogP contribution in [-0.4, -0.2) is 47.4 Å². The van der Waals surface area contributed by atoms with Gasteiger partial charge in [-0.1, -0.05) is 326 Å². The van der Waals surface area contributed by atoms with Crippen molar-refractivity contribution in [3.63, 3.8) is 0 Å². The van der Waals surface area contributed by atoms with Crippen molar-refractivity contribution in [3.05, 3.63) is 48.6 Å². The summed E-state index contributed by atoms with van der Waals surface area (Å²) in [5.74, 6) is -0.0388. The van der Waals surface area contributed by atoms with Crippen LogP contribution in [0.1, 0.15) is 380 Å². The largest absolute Gasteiger partial charge is 0.466 e. The zero-order valence-electron chi connectivity index (χ0n) is 53.1. The molecule has 79 heavy (non-hydrogen) atoms. The zero-order valence-corrected chi connectivity index (χ0v) is 53.1. The molecule has 0 saturated heterocycles. The number of esters is 1. The molecule has 0 saturated carbocycles. The molecule has 0 fully saturated rings. The summed E-state index contributed by atoms with van der Waals surface area (Å²) in [6.45, 7) is 4.95. The number of ether oxygens (including phenoxy) is 1. The van der Waals surface area contributed by atoms with Gasteiger partial charge in [0.1, 0.15) is 0 Å². The first-order valence-electron chi connectivity index (χ1n) is 35.4. The van der Waals surface area contributed by atoms with Crippen LogP contribution in [0.4, 0.5) is 0 Å². The number of aliphatic hydroxyl groups excluding tert-OH is 2. The Balaban J connectivity index is 3.44. The zero-order chi connectivity index (χ0) is 57.1. The number of rotatable bonds is 66. The standard InChI is InChI=1S/C73H137NO5/c1-3-5-7-9-11-13-15-17-19-21-23-30-33-37-41-45-49-53-57-61-65-71(76)70(69-75)74-72(77)66-62-58-54-50-46-42-38-34-31-27-25-24-26-28-32-36-40-44-48-52-56-60-64-68-79-73(78)67-63-59-55-51-47-43-39-35-29-22-20-18-16-14-12-10-8-6-4-2/h12,14,18,20,24,26-27,31,70-71,75-76H,3-11,13,15-17,19,21-23,25,28-30,32-69H2,1-2H3,(H,74,77)/b14-12-,20-18-,26-24-,31-27-. The van der Waals surface area contributed by atoms with Gasteiger partial charge >= 0.3 is 5.97 Å². The smallest absolute Gasteiger partial charge is 0.305 e. The van der Waals surface area contributed by atoms with Gasteiger partial charge < -0.3 is 20.3 Å². The van der Waals surface area contributed by atoms with Gasteiger partial charge in [0.25, 0.3) is 0 Å². The van der Waals surface area contributed by atoms with E-state index >= 15 is 0 Å². The Morgan fingerprint density at radius 3 is 0.987 bits per heavy atom. The number of amides is 1. The lowest BCUT2D eigenvalue weighted by Gasteiger charge is -2.22. The van der Waals surface area contributed by atoms with Crippen LogP contribution in [0.5, 0.6) is 0 Å². The third kappa shape index (κ3) is 64.8. The monoisotopic (exact) mass is 1110 g/mol. The number of allylic oxidation sites excluding steroid dienone is 8. The number of carbonyl (C=O) groups is 2. The summed E-state index contributed by atoms with van der Waals surface area (Å²) >= 11 is 0. The van der Waals surface area contributed by atoms with Gasteiger partial charge in [-0.2, -0.15) is 0 Å².